The van der Waals surface area contributed by atoms with Crippen LogP contribution in [0.5, 0.6) is 0 Å². The van der Waals surface area contributed by atoms with Crippen molar-refractivity contribution in [2.45, 2.75) is 26.3 Å². The third-order valence-electron chi connectivity index (χ3n) is 2.41. The van der Waals surface area contributed by atoms with Gasteiger partial charge in [-0.2, -0.15) is 0 Å². The fraction of sp³-hybridized carbons (Fsp3) is 0.364. The highest BCUT2D eigenvalue weighted by Crippen LogP contribution is 2.04. The van der Waals surface area contributed by atoms with Gasteiger partial charge in [0, 0.05) is 6.20 Å². The summed E-state index contributed by atoms with van der Waals surface area (Å²) in [6, 6.07) is 3.06. The maximum absolute atomic E-state index is 11.9. The Morgan fingerprint density at radius 2 is 2.41 bits per heavy atom. The number of carbonyl (C=O) groups is 1. The van der Waals surface area contributed by atoms with Crippen LogP contribution in [0.25, 0.3) is 0 Å². The lowest BCUT2D eigenvalue weighted by atomic mass is 10.1. The van der Waals surface area contributed by atoms with Gasteiger partial charge in [-0.05, 0) is 25.0 Å². The van der Waals surface area contributed by atoms with Crippen LogP contribution >= 0.6 is 0 Å². The summed E-state index contributed by atoms with van der Waals surface area (Å²) >= 11 is 0. The summed E-state index contributed by atoms with van der Waals surface area (Å²) in [6.07, 6.45) is 2.08. The minimum Gasteiger partial charge on any atom is -0.409 e. The normalized spacial score (nSPS) is 13.2. The Kier molecular flexibility index (Phi) is 4.45. The van der Waals surface area contributed by atoms with Gasteiger partial charge in [0.1, 0.15) is 5.69 Å². The topological polar surface area (TPSA) is 101 Å². The van der Waals surface area contributed by atoms with Crippen molar-refractivity contribution >= 4 is 11.7 Å². The highest BCUT2D eigenvalue weighted by molar-refractivity contribution is 5.97. The molecular formula is C11H16N4O2. The van der Waals surface area contributed by atoms with E-state index in [0.29, 0.717) is 12.1 Å². The van der Waals surface area contributed by atoms with Crippen LogP contribution in [0, 0.1) is 6.92 Å². The number of nitrogens with two attached hydrogens (primary N) is 1. The quantitative estimate of drug-likeness (QED) is 0.309. The summed E-state index contributed by atoms with van der Waals surface area (Å²) in [5.41, 5.74) is 6.58. The van der Waals surface area contributed by atoms with E-state index in [1.165, 1.54) is 0 Å². The van der Waals surface area contributed by atoms with Crippen molar-refractivity contribution in [3.8, 4) is 0 Å². The van der Waals surface area contributed by atoms with Gasteiger partial charge >= 0.3 is 0 Å². The molecule has 17 heavy (non-hydrogen) atoms. The number of amidine groups is 1. The summed E-state index contributed by atoms with van der Waals surface area (Å²) in [5, 5.41) is 14.1. The zero-order chi connectivity index (χ0) is 12.8. The Morgan fingerprint density at radius 1 is 1.71 bits per heavy atom. The molecule has 1 aromatic heterocycles. The van der Waals surface area contributed by atoms with Crippen LogP contribution in [-0.4, -0.2) is 28.0 Å². The lowest BCUT2D eigenvalue weighted by molar-refractivity contribution is 0.0940. The summed E-state index contributed by atoms with van der Waals surface area (Å²) < 4.78 is 0. The first kappa shape index (κ1) is 13.0. The SMILES string of the molecule is CCC(NC(=O)c1ncccc1C)/C(N)=N/O. The molecule has 4 N–H and O–H groups in total. The molecule has 1 unspecified atom stereocenters. The van der Waals surface area contributed by atoms with Crippen LogP contribution in [0.4, 0.5) is 0 Å². The molecular weight excluding hydrogens is 220 g/mol. The molecule has 0 saturated heterocycles. The van der Waals surface area contributed by atoms with Crippen molar-refractivity contribution in [1.82, 2.24) is 10.3 Å². The molecule has 0 bridgehead atoms. The number of amides is 1. The number of pyridine rings is 1. The highest BCUT2D eigenvalue weighted by Gasteiger charge is 2.17. The number of aromatic nitrogens is 1. The average molecular weight is 236 g/mol. The van der Waals surface area contributed by atoms with Gasteiger partial charge in [-0.3, -0.25) is 9.78 Å². The van der Waals surface area contributed by atoms with Gasteiger partial charge in [-0.25, -0.2) is 0 Å². The van der Waals surface area contributed by atoms with Crippen molar-refractivity contribution < 1.29 is 10.0 Å². The van der Waals surface area contributed by atoms with E-state index in [2.05, 4.69) is 15.5 Å². The number of rotatable bonds is 4. The van der Waals surface area contributed by atoms with Crippen molar-refractivity contribution in [1.29, 1.82) is 0 Å². The molecule has 0 fully saturated rings. The largest absolute Gasteiger partial charge is 0.409 e. The Balaban J connectivity index is 2.82. The molecule has 0 radical (unpaired) electrons. The molecule has 0 saturated carbocycles. The van der Waals surface area contributed by atoms with Crippen LogP contribution in [0.1, 0.15) is 29.4 Å². The van der Waals surface area contributed by atoms with Crippen LogP contribution in [-0.2, 0) is 0 Å². The van der Waals surface area contributed by atoms with Gasteiger partial charge in [0.15, 0.2) is 5.84 Å². The van der Waals surface area contributed by atoms with Crippen molar-refractivity contribution in [2.75, 3.05) is 0 Å². The number of aryl methyl sites for hydroxylation is 1. The van der Waals surface area contributed by atoms with Crippen molar-refractivity contribution in [3.05, 3.63) is 29.6 Å². The molecule has 0 aromatic carbocycles. The number of oxime groups is 1. The molecule has 1 amide bonds. The van der Waals surface area contributed by atoms with E-state index >= 15 is 0 Å². The summed E-state index contributed by atoms with van der Waals surface area (Å²) in [4.78, 5) is 15.9. The zero-order valence-electron chi connectivity index (χ0n) is 9.84. The minimum absolute atomic E-state index is 0.0190. The van der Waals surface area contributed by atoms with Gasteiger partial charge in [0.25, 0.3) is 5.91 Å². The predicted molar refractivity (Wildman–Crippen MR) is 63.9 cm³/mol. The van der Waals surface area contributed by atoms with E-state index in [1.807, 2.05) is 6.92 Å². The Morgan fingerprint density at radius 3 is 2.94 bits per heavy atom. The van der Waals surface area contributed by atoms with Gasteiger partial charge < -0.3 is 16.3 Å². The van der Waals surface area contributed by atoms with Crippen molar-refractivity contribution in [3.63, 3.8) is 0 Å². The standard InChI is InChI=1S/C11H16N4O2/c1-3-8(10(12)15-17)14-11(16)9-7(2)5-4-6-13-9/h4-6,8,17H,3H2,1-2H3,(H2,12,15)(H,14,16). The van der Waals surface area contributed by atoms with Gasteiger partial charge in [0.05, 0.1) is 6.04 Å². The number of nitrogens with one attached hydrogen (secondary N) is 1. The number of nitrogens with zero attached hydrogens (tertiary/aromatic N) is 2. The monoisotopic (exact) mass is 236 g/mol. The predicted octanol–water partition coefficient (Wildman–Crippen LogP) is 0.645. The van der Waals surface area contributed by atoms with Crippen molar-refractivity contribution in [2.24, 2.45) is 10.9 Å². The fourth-order valence-electron chi connectivity index (χ4n) is 1.40. The minimum atomic E-state index is -0.492. The molecule has 0 aliphatic carbocycles. The van der Waals surface area contributed by atoms with Crippen LogP contribution in [0.2, 0.25) is 0 Å². The molecule has 1 aromatic rings. The maximum atomic E-state index is 11.9. The highest BCUT2D eigenvalue weighted by atomic mass is 16.4. The van der Waals surface area contributed by atoms with E-state index in [0.717, 1.165) is 5.56 Å². The molecule has 92 valence electrons. The third-order valence-corrected chi connectivity index (χ3v) is 2.41. The number of hydrogen-bond acceptors (Lipinski definition) is 4. The molecule has 6 heteroatoms. The van der Waals surface area contributed by atoms with E-state index in [9.17, 15) is 4.79 Å². The number of carbonyl (C=O) groups excluding carboxylic acids is 1. The van der Waals surface area contributed by atoms with E-state index in [-0.39, 0.29) is 11.7 Å². The number of hydrogen-bond donors (Lipinski definition) is 3. The Labute approximate surface area is 99.5 Å². The molecule has 1 rings (SSSR count). The first-order valence-corrected chi connectivity index (χ1v) is 5.30. The van der Waals surface area contributed by atoms with Crippen LogP contribution in [0.3, 0.4) is 0 Å². The van der Waals surface area contributed by atoms with Gasteiger partial charge in [-0.1, -0.05) is 18.1 Å². The first-order chi connectivity index (χ1) is 8.10. The summed E-state index contributed by atoms with van der Waals surface area (Å²) in [5.74, 6) is -0.351. The van der Waals surface area contributed by atoms with E-state index in [1.54, 1.807) is 25.3 Å². The Bertz CT molecular complexity index is 431. The lowest BCUT2D eigenvalue weighted by Gasteiger charge is -2.15. The smallest absolute Gasteiger partial charge is 0.270 e. The average Bonchev–Trinajstić information content (AvgIpc) is 2.35. The zero-order valence-corrected chi connectivity index (χ0v) is 9.84. The molecule has 0 spiro atoms. The molecule has 0 aliphatic heterocycles. The lowest BCUT2D eigenvalue weighted by Crippen LogP contribution is -2.44. The molecule has 1 atom stereocenters. The fourth-order valence-corrected chi connectivity index (χ4v) is 1.40. The van der Waals surface area contributed by atoms with Crippen LogP contribution in [0.15, 0.2) is 23.5 Å². The molecule has 1 heterocycles. The Hall–Kier alpha value is -2.11. The summed E-state index contributed by atoms with van der Waals surface area (Å²) in [7, 11) is 0. The van der Waals surface area contributed by atoms with E-state index < -0.39 is 6.04 Å². The van der Waals surface area contributed by atoms with Gasteiger partial charge in [-0.15, -0.1) is 0 Å². The summed E-state index contributed by atoms with van der Waals surface area (Å²) in [6.45, 7) is 3.63. The second-order valence-electron chi connectivity index (χ2n) is 3.63. The molecule has 6 nitrogen and oxygen atoms in total. The maximum Gasteiger partial charge on any atom is 0.270 e. The van der Waals surface area contributed by atoms with Gasteiger partial charge in [0.2, 0.25) is 0 Å². The molecule has 0 aliphatic rings. The van der Waals surface area contributed by atoms with E-state index in [4.69, 9.17) is 10.9 Å². The van der Waals surface area contributed by atoms with Crippen LogP contribution < -0.4 is 11.1 Å². The second kappa shape index (κ2) is 5.83. The first-order valence-electron chi connectivity index (χ1n) is 5.30. The third kappa shape index (κ3) is 3.17. The second-order valence-corrected chi connectivity index (χ2v) is 3.63.